The highest BCUT2D eigenvalue weighted by atomic mass is 35.5. The minimum Gasteiger partial charge on any atom is -0.280 e. The summed E-state index contributed by atoms with van der Waals surface area (Å²) in [6.07, 6.45) is 1.87. The highest BCUT2D eigenvalue weighted by Crippen LogP contribution is 2.28. The molecule has 64 valence electrons. The fraction of sp³-hybridized carbons (Fsp3) is 0.222. The van der Waals surface area contributed by atoms with Crippen LogP contribution in [0.2, 0.25) is 0 Å². The molecule has 0 heterocycles. The molecule has 0 aliphatic heterocycles. The SMILES string of the molecule is CSC(C(=O)Cl)c1ccccc1. The van der Waals surface area contributed by atoms with Crippen molar-refractivity contribution in [3.63, 3.8) is 0 Å². The summed E-state index contributed by atoms with van der Waals surface area (Å²) < 4.78 is 0. The fourth-order valence-electron chi connectivity index (χ4n) is 0.988. The van der Waals surface area contributed by atoms with Gasteiger partial charge >= 0.3 is 0 Å². The zero-order valence-electron chi connectivity index (χ0n) is 6.66. The molecule has 0 aliphatic carbocycles. The average Bonchev–Trinajstić information content (AvgIpc) is 2.07. The van der Waals surface area contributed by atoms with Crippen LogP contribution in [0, 0.1) is 0 Å². The van der Waals surface area contributed by atoms with Gasteiger partial charge in [-0.05, 0) is 23.4 Å². The van der Waals surface area contributed by atoms with E-state index in [1.165, 1.54) is 11.8 Å². The molecule has 0 saturated heterocycles. The van der Waals surface area contributed by atoms with Crippen molar-refractivity contribution in [2.24, 2.45) is 0 Å². The van der Waals surface area contributed by atoms with E-state index in [9.17, 15) is 4.79 Å². The maximum Gasteiger partial charge on any atom is 0.239 e. The van der Waals surface area contributed by atoms with Gasteiger partial charge in [-0.3, -0.25) is 4.79 Å². The van der Waals surface area contributed by atoms with Crippen LogP contribution in [0.1, 0.15) is 10.8 Å². The lowest BCUT2D eigenvalue weighted by atomic mass is 10.2. The zero-order chi connectivity index (χ0) is 8.97. The van der Waals surface area contributed by atoms with E-state index in [1.54, 1.807) is 0 Å². The summed E-state index contributed by atoms with van der Waals surface area (Å²) >= 11 is 6.87. The first-order valence-electron chi connectivity index (χ1n) is 3.53. The van der Waals surface area contributed by atoms with Crippen LogP contribution in [0.15, 0.2) is 30.3 Å². The van der Waals surface area contributed by atoms with Gasteiger partial charge in [0.05, 0.1) is 0 Å². The Hall–Kier alpha value is -0.470. The lowest BCUT2D eigenvalue weighted by molar-refractivity contribution is -0.111. The standard InChI is InChI=1S/C9H9ClOS/c1-12-8(9(10)11)7-5-3-2-4-6-7/h2-6,8H,1H3. The van der Waals surface area contributed by atoms with Gasteiger partial charge in [0.15, 0.2) is 0 Å². The van der Waals surface area contributed by atoms with Crippen molar-refractivity contribution in [2.45, 2.75) is 5.25 Å². The molecule has 1 unspecified atom stereocenters. The van der Waals surface area contributed by atoms with Crippen molar-refractivity contribution in [2.75, 3.05) is 6.26 Å². The van der Waals surface area contributed by atoms with Crippen LogP contribution in [0.3, 0.4) is 0 Å². The summed E-state index contributed by atoms with van der Waals surface area (Å²) in [5.74, 6) is 0. The lowest BCUT2D eigenvalue weighted by Gasteiger charge is -2.08. The van der Waals surface area contributed by atoms with Gasteiger partial charge in [0.1, 0.15) is 5.25 Å². The molecule has 1 rings (SSSR count). The molecule has 0 amide bonds. The normalized spacial score (nSPS) is 12.5. The molecule has 1 aromatic carbocycles. The molecule has 3 heteroatoms. The molecule has 0 radical (unpaired) electrons. The smallest absolute Gasteiger partial charge is 0.239 e. The summed E-state index contributed by atoms with van der Waals surface area (Å²) in [4.78, 5) is 10.9. The first kappa shape index (κ1) is 9.62. The number of carbonyl (C=O) groups is 1. The van der Waals surface area contributed by atoms with Crippen molar-refractivity contribution in [1.82, 2.24) is 0 Å². The molecule has 0 bridgehead atoms. The van der Waals surface area contributed by atoms with Crippen LogP contribution >= 0.6 is 23.4 Å². The van der Waals surface area contributed by atoms with E-state index in [0.29, 0.717) is 0 Å². The lowest BCUT2D eigenvalue weighted by Crippen LogP contribution is -2.00. The van der Waals surface area contributed by atoms with E-state index in [2.05, 4.69) is 0 Å². The molecule has 0 fully saturated rings. The van der Waals surface area contributed by atoms with Gasteiger partial charge in [-0.25, -0.2) is 0 Å². The molecule has 0 aromatic heterocycles. The zero-order valence-corrected chi connectivity index (χ0v) is 8.23. The number of thioether (sulfide) groups is 1. The maximum absolute atomic E-state index is 10.9. The Balaban J connectivity index is 2.88. The van der Waals surface area contributed by atoms with E-state index in [-0.39, 0.29) is 10.5 Å². The Bertz CT molecular complexity index is 260. The monoisotopic (exact) mass is 200 g/mol. The van der Waals surface area contributed by atoms with Gasteiger partial charge in [0.25, 0.3) is 0 Å². The molecule has 1 nitrogen and oxygen atoms in total. The van der Waals surface area contributed by atoms with Crippen LogP contribution in [-0.2, 0) is 4.79 Å². The third kappa shape index (κ3) is 2.26. The Labute approximate surface area is 81.1 Å². The van der Waals surface area contributed by atoms with Gasteiger partial charge in [-0.15, -0.1) is 11.8 Å². The summed E-state index contributed by atoms with van der Waals surface area (Å²) in [7, 11) is 0. The number of benzene rings is 1. The second kappa shape index (κ2) is 4.53. The first-order chi connectivity index (χ1) is 5.75. The van der Waals surface area contributed by atoms with Crippen molar-refractivity contribution >= 4 is 28.6 Å². The Morgan fingerprint density at radius 2 is 2.00 bits per heavy atom. The molecule has 1 aromatic rings. The summed E-state index contributed by atoms with van der Waals surface area (Å²) in [5, 5.41) is -0.540. The second-order valence-corrected chi connectivity index (χ2v) is 3.65. The van der Waals surface area contributed by atoms with E-state index < -0.39 is 0 Å². The highest BCUT2D eigenvalue weighted by molar-refractivity contribution is 7.99. The Kier molecular flexibility index (Phi) is 3.63. The van der Waals surface area contributed by atoms with Gasteiger partial charge in [0.2, 0.25) is 5.24 Å². The van der Waals surface area contributed by atoms with Crippen molar-refractivity contribution in [3.8, 4) is 0 Å². The van der Waals surface area contributed by atoms with Crippen molar-refractivity contribution in [3.05, 3.63) is 35.9 Å². The largest absolute Gasteiger partial charge is 0.280 e. The fourth-order valence-corrected chi connectivity index (χ4v) is 2.00. The predicted octanol–water partition coefficient (Wildman–Crippen LogP) is 2.86. The molecule has 0 aliphatic rings. The van der Waals surface area contributed by atoms with Crippen molar-refractivity contribution < 1.29 is 4.79 Å². The number of rotatable bonds is 3. The van der Waals surface area contributed by atoms with Gasteiger partial charge in [-0.2, -0.15) is 0 Å². The third-order valence-corrected chi connectivity index (χ3v) is 2.85. The molecule has 1 atom stereocenters. The van der Waals surface area contributed by atoms with Crippen LogP contribution < -0.4 is 0 Å². The summed E-state index contributed by atoms with van der Waals surface area (Å²) in [6, 6.07) is 9.53. The van der Waals surface area contributed by atoms with Crippen molar-refractivity contribution in [1.29, 1.82) is 0 Å². The van der Waals surface area contributed by atoms with E-state index in [1.807, 2.05) is 36.6 Å². The quantitative estimate of drug-likeness (QED) is 0.698. The second-order valence-electron chi connectivity index (χ2n) is 2.33. The molecular weight excluding hydrogens is 192 g/mol. The van der Waals surface area contributed by atoms with E-state index >= 15 is 0 Å². The molecule has 0 saturated carbocycles. The minimum absolute atomic E-state index is 0.229. The van der Waals surface area contributed by atoms with Gasteiger partial charge in [-0.1, -0.05) is 30.3 Å². The van der Waals surface area contributed by atoms with Gasteiger partial charge in [0, 0.05) is 0 Å². The topological polar surface area (TPSA) is 17.1 Å². The number of hydrogen-bond donors (Lipinski definition) is 0. The number of hydrogen-bond acceptors (Lipinski definition) is 2. The molecule has 0 N–H and O–H groups in total. The minimum atomic E-state index is -0.311. The predicted molar refractivity (Wildman–Crippen MR) is 53.6 cm³/mol. The van der Waals surface area contributed by atoms with Crippen LogP contribution in [0.25, 0.3) is 0 Å². The van der Waals surface area contributed by atoms with E-state index in [4.69, 9.17) is 11.6 Å². The maximum atomic E-state index is 10.9. The molecule has 0 spiro atoms. The first-order valence-corrected chi connectivity index (χ1v) is 5.19. The van der Waals surface area contributed by atoms with Crippen LogP contribution in [-0.4, -0.2) is 11.5 Å². The number of carbonyl (C=O) groups excluding carboxylic acids is 1. The van der Waals surface area contributed by atoms with Crippen LogP contribution in [0.4, 0.5) is 0 Å². The molecular formula is C9H9ClOS. The number of halogens is 1. The van der Waals surface area contributed by atoms with Crippen LogP contribution in [0.5, 0.6) is 0 Å². The van der Waals surface area contributed by atoms with E-state index in [0.717, 1.165) is 5.56 Å². The Morgan fingerprint density at radius 3 is 2.42 bits per heavy atom. The summed E-state index contributed by atoms with van der Waals surface area (Å²) in [6.45, 7) is 0. The van der Waals surface area contributed by atoms with Gasteiger partial charge < -0.3 is 0 Å². The average molecular weight is 201 g/mol. The molecule has 12 heavy (non-hydrogen) atoms. The third-order valence-electron chi connectivity index (χ3n) is 1.54. The Morgan fingerprint density at radius 1 is 1.42 bits per heavy atom. The highest BCUT2D eigenvalue weighted by Gasteiger charge is 2.15. The summed E-state index contributed by atoms with van der Waals surface area (Å²) in [5.41, 5.74) is 0.963.